The Labute approximate surface area is 397 Å². The lowest BCUT2D eigenvalue weighted by Crippen LogP contribution is -2.29. The number of allylic oxidation sites excluding steroid dienone is 2. The molecule has 11 rings (SSSR count). The van der Waals surface area contributed by atoms with Gasteiger partial charge in [0, 0.05) is 81.1 Å². The van der Waals surface area contributed by atoms with Gasteiger partial charge < -0.3 is 34.2 Å². The van der Waals surface area contributed by atoms with Gasteiger partial charge in [0.2, 0.25) is 0 Å². The van der Waals surface area contributed by atoms with Crippen LogP contribution in [0.5, 0.6) is 11.5 Å². The molecule has 0 radical (unpaired) electrons. The number of fused-ring (bicyclic) bond motifs is 3. The van der Waals surface area contributed by atoms with Crippen LogP contribution in [0.25, 0.3) is 21.9 Å². The average molecular weight is 887 g/mol. The van der Waals surface area contributed by atoms with Crippen molar-refractivity contribution < 1.29 is 14.6 Å². The Balaban J connectivity index is 0.000000835. The molecule has 1 aliphatic carbocycles. The first-order chi connectivity index (χ1) is 33.5. The van der Waals surface area contributed by atoms with Crippen LogP contribution in [0.3, 0.4) is 0 Å². The van der Waals surface area contributed by atoms with E-state index < -0.39 is 0 Å². The monoisotopic (exact) mass is 886 g/mol. The van der Waals surface area contributed by atoms with Crippen LogP contribution in [-0.4, -0.2) is 23.3 Å². The molecule has 2 N–H and O–H groups in total. The maximum atomic E-state index is 11.7. The summed E-state index contributed by atoms with van der Waals surface area (Å²) < 4.78 is 6.28. The number of anilines is 10. The normalized spacial score (nSPS) is 12.9. The highest BCUT2D eigenvalue weighted by Crippen LogP contribution is 2.47. The minimum atomic E-state index is -0.0262. The van der Waals surface area contributed by atoms with Gasteiger partial charge in [-0.25, -0.2) is 0 Å². The number of furan rings is 1. The van der Waals surface area contributed by atoms with Gasteiger partial charge in [0.1, 0.15) is 0 Å². The SMILES string of the molecule is CN(c1ccccc1)c1ccc(N(c2ccccc2)c2cc(O)c3oc4c(O)cc(N(c5ccc(N(c6ccccc6)c6ccccc6)cc5)C5C=CC=CC5)cc4c3c2)cc1.c1ccccc1. The summed E-state index contributed by atoms with van der Waals surface area (Å²) in [5.74, 6) is -0.0332. The zero-order valence-corrected chi connectivity index (χ0v) is 37.6. The summed E-state index contributed by atoms with van der Waals surface area (Å²) in [7, 11) is 2.06. The molecule has 7 heteroatoms. The van der Waals surface area contributed by atoms with Crippen molar-refractivity contribution in [1.29, 1.82) is 0 Å². The summed E-state index contributed by atoms with van der Waals surface area (Å²) in [6.07, 6.45) is 9.27. The molecule has 7 nitrogen and oxygen atoms in total. The summed E-state index contributed by atoms with van der Waals surface area (Å²) in [4.78, 5) is 8.77. The second kappa shape index (κ2) is 19.7. The van der Waals surface area contributed by atoms with Crippen LogP contribution in [0.1, 0.15) is 6.42 Å². The largest absolute Gasteiger partial charge is 0.504 e. The predicted octanol–water partition coefficient (Wildman–Crippen LogP) is 16.4. The van der Waals surface area contributed by atoms with Crippen molar-refractivity contribution in [3.05, 3.63) is 255 Å². The average Bonchev–Trinajstić information content (AvgIpc) is 3.79. The van der Waals surface area contributed by atoms with Gasteiger partial charge in [-0.2, -0.15) is 0 Å². The zero-order valence-electron chi connectivity index (χ0n) is 37.6. The predicted molar refractivity (Wildman–Crippen MR) is 283 cm³/mol. The third kappa shape index (κ3) is 9.01. The zero-order chi connectivity index (χ0) is 46.2. The van der Waals surface area contributed by atoms with E-state index in [9.17, 15) is 10.2 Å². The lowest BCUT2D eigenvalue weighted by Gasteiger charge is -2.33. The number of hydrogen-bond acceptors (Lipinski definition) is 7. The molecule has 1 aromatic heterocycles. The number of para-hydroxylation sites is 4. The molecule has 9 aromatic carbocycles. The number of benzene rings is 9. The number of nitrogens with zero attached hydrogens (tertiary/aromatic N) is 4. The van der Waals surface area contributed by atoms with E-state index in [0.717, 1.165) is 63.3 Å². The van der Waals surface area contributed by atoms with Gasteiger partial charge in [-0.15, -0.1) is 0 Å². The van der Waals surface area contributed by atoms with Gasteiger partial charge in [0.05, 0.1) is 11.7 Å². The van der Waals surface area contributed by atoms with Crippen LogP contribution in [0.4, 0.5) is 56.9 Å². The number of phenolic OH excluding ortho intramolecular Hbond substituents is 2. The fourth-order valence-electron chi connectivity index (χ4n) is 8.87. The molecule has 0 fully saturated rings. The highest BCUT2D eigenvalue weighted by molar-refractivity contribution is 6.11. The Morgan fingerprint density at radius 2 is 0.735 bits per heavy atom. The minimum absolute atomic E-state index is 0.0102. The molecule has 332 valence electrons. The van der Waals surface area contributed by atoms with E-state index in [1.165, 1.54) is 0 Å². The molecule has 68 heavy (non-hydrogen) atoms. The molecule has 1 atom stereocenters. The molecule has 0 aliphatic heterocycles. The standard InChI is InChI=1S/C55H44N4O3.C6H6/c1-56(39-17-7-2-8-18-39)40-27-29-46(30-28-40)58(43-23-13-5-14-24-43)48-35-50-51-36-49(38-53(61)55(51)62-54(50)52(60)37-48)59(44-25-15-6-16-26-44)47-33-31-45(32-34-47)57(41-19-9-3-10-20-41)42-21-11-4-12-22-42;1-2-4-6-5-3-1/h2-25,27-38,44,60-61H,26H2,1H3;1-6H. The van der Waals surface area contributed by atoms with Crippen LogP contribution in [0, 0.1) is 0 Å². The van der Waals surface area contributed by atoms with Crippen molar-refractivity contribution in [3.8, 4) is 11.5 Å². The van der Waals surface area contributed by atoms with E-state index in [1.807, 2.05) is 91.0 Å². The summed E-state index contributed by atoms with van der Waals surface area (Å²) in [6.45, 7) is 0. The van der Waals surface area contributed by atoms with Gasteiger partial charge >= 0.3 is 0 Å². The second-order valence-corrected chi connectivity index (χ2v) is 16.5. The summed E-state index contributed by atoms with van der Waals surface area (Å²) >= 11 is 0. The quantitative estimate of drug-likeness (QED) is 0.134. The van der Waals surface area contributed by atoms with Crippen LogP contribution in [0.2, 0.25) is 0 Å². The first kappa shape index (κ1) is 43.0. The fourth-order valence-corrected chi connectivity index (χ4v) is 8.87. The van der Waals surface area contributed by atoms with E-state index in [2.05, 4.69) is 178 Å². The molecule has 1 unspecified atom stereocenters. The van der Waals surface area contributed by atoms with E-state index in [4.69, 9.17) is 4.42 Å². The third-order valence-electron chi connectivity index (χ3n) is 12.2. The van der Waals surface area contributed by atoms with E-state index >= 15 is 0 Å². The van der Waals surface area contributed by atoms with Gasteiger partial charge in [0.25, 0.3) is 0 Å². The Hall–Kier alpha value is -8.94. The highest BCUT2D eigenvalue weighted by atomic mass is 16.4. The van der Waals surface area contributed by atoms with Gasteiger partial charge in [-0.3, -0.25) is 0 Å². The molecule has 1 aliphatic rings. The first-order valence-corrected chi connectivity index (χ1v) is 22.8. The third-order valence-corrected chi connectivity index (χ3v) is 12.2. The van der Waals surface area contributed by atoms with Crippen LogP contribution in [-0.2, 0) is 0 Å². The van der Waals surface area contributed by atoms with Gasteiger partial charge in [0.15, 0.2) is 22.7 Å². The number of phenols is 2. The Kier molecular flexibility index (Phi) is 12.4. The molecule has 1 heterocycles. The second-order valence-electron chi connectivity index (χ2n) is 16.5. The van der Waals surface area contributed by atoms with E-state index in [0.29, 0.717) is 21.9 Å². The number of hydrogen-bond donors (Lipinski definition) is 2. The molecular formula is C61H50N4O3. The first-order valence-electron chi connectivity index (χ1n) is 22.8. The van der Waals surface area contributed by atoms with Crippen molar-refractivity contribution in [2.45, 2.75) is 12.5 Å². The van der Waals surface area contributed by atoms with Crippen LogP contribution in [0.15, 0.2) is 259 Å². The molecule has 0 saturated carbocycles. The van der Waals surface area contributed by atoms with Crippen molar-refractivity contribution >= 4 is 78.8 Å². The maximum Gasteiger partial charge on any atom is 0.177 e. The van der Waals surface area contributed by atoms with Crippen molar-refractivity contribution in [1.82, 2.24) is 0 Å². The fraction of sp³-hybridized carbons (Fsp3) is 0.0492. The van der Waals surface area contributed by atoms with E-state index in [1.54, 1.807) is 12.1 Å². The molecule has 0 amide bonds. The lowest BCUT2D eigenvalue weighted by molar-refractivity contribution is 0.457. The molecule has 0 spiro atoms. The number of rotatable bonds is 11. The number of aromatic hydroxyl groups is 2. The van der Waals surface area contributed by atoms with Crippen LogP contribution >= 0.6 is 0 Å². The summed E-state index contributed by atoms with van der Waals surface area (Å²) in [5, 5.41) is 24.8. The molecule has 0 saturated heterocycles. The van der Waals surface area contributed by atoms with Crippen molar-refractivity contribution in [2.75, 3.05) is 26.6 Å². The smallest absolute Gasteiger partial charge is 0.177 e. The maximum absolute atomic E-state index is 11.7. The Morgan fingerprint density at radius 3 is 1.19 bits per heavy atom. The molecular weight excluding hydrogens is 837 g/mol. The topological polar surface area (TPSA) is 66.6 Å². The Morgan fingerprint density at radius 1 is 0.382 bits per heavy atom. The molecule has 0 bridgehead atoms. The summed E-state index contributed by atoms with van der Waals surface area (Å²) in [6, 6.07) is 77.6. The van der Waals surface area contributed by atoms with Gasteiger partial charge in [-0.05, 0) is 116 Å². The van der Waals surface area contributed by atoms with Crippen molar-refractivity contribution in [3.63, 3.8) is 0 Å². The van der Waals surface area contributed by atoms with Crippen LogP contribution < -0.4 is 19.6 Å². The minimum Gasteiger partial charge on any atom is -0.504 e. The van der Waals surface area contributed by atoms with Crippen molar-refractivity contribution in [2.24, 2.45) is 0 Å². The summed E-state index contributed by atoms with van der Waals surface area (Å²) in [5.41, 5.74) is 10.2. The Bertz CT molecular complexity index is 3220. The lowest BCUT2D eigenvalue weighted by atomic mass is 10.0. The highest BCUT2D eigenvalue weighted by Gasteiger charge is 2.25. The van der Waals surface area contributed by atoms with Gasteiger partial charge in [-0.1, -0.05) is 133 Å². The molecule has 10 aromatic rings. The van der Waals surface area contributed by atoms with E-state index in [-0.39, 0.29) is 17.5 Å².